The van der Waals surface area contributed by atoms with Gasteiger partial charge in [0.1, 0.15) is 0 Å². The summed E-state index contributed by atoms with van der Waals surface area (Å²) in [5.41, 5.74) is 7.83. The molecule has 0 bridgehead atoms. The Morgan fingerprint density at radius 3 is 2.65 bits per heavy atom. The topological polar surface area (TPSA) is 68.0 Å². The van der Waals surface area contributed by atoms with E-state index in [1.165, 1.54) is 0 Å². The fraction of sp³-hybridized carbons (Fsp3) is 0.286. The average molecular weight is 316 g/mol. The molecule has 3 N–H and O–H groups in total. The molecule has 110 valence electrons. The van der Waals surface area contributed by atoms with E-state index in [1.807, 2.05) is 38.1 Å². The van der Waals surface area contributed by atoms with Gasteiger partial charge in [-0.25, -0.2) is 0 Å². The standard InChI is InChI=1S/C14H17N3O.2ClH/c1-9-7-12(14(18)17-10(2)8-15)11-5-3-4-6-13(11)16-9;;/h3-7,10H,8,15H2,1-2H3,(H,17,18);2*1H/t10-;;/m0../s1. The second-order valence-electron chi connectivity index (χ2n) is 4.44. The van der Waals surface area contributed by atoms with E-state index in [2.05, 4.69) is 10.3 Å². The lowest BCUT2D eigenvalue weighted by atomic mass is 10.1. The largest absolute Gasteiger partial charge is 0.348 e. The molecule has 20 heavy (non-hydrogen) atoms. The van der Waals surface area contributed by atoms with Crippen LogP contribution in [-0.2, 0) is 0 Å². The molecule has 0 saturated carbocycles. The lowest BCUT2D eigenvalue weighted by Crippen LogP contribution is -2.37. The fourth-order valence-electron chi connectivity index (χ4n) is 1.86. The number of carbonyl (C=O) groups is 1. The van der Waals surface area contributed by atoms with Crippen molar-refractivity contribution in [2.24, 2.45) is 5.73 Å². The van der Waals surface area contributed by atoms with Gasteiger partial charge in [-0.05, 0) is 26.0 Å². The summed E-state index contributed by atoms with van der Waals surface area (Å²) >= 11 is 0. The van der Waals surface area contributed by atoms with E-state index < -0.39 is 0 Å². The average Bonchev–Trinajstić information content (AvgIpc) is 2.37. The Labute approximate surface area is 131 Å². The highest BCUT2D eigenvalue weighted by molar-refractivity contribution is 6.06. The van der Waals surface area contributed by atoms with Crippen LogP contribution in [0.25, 0.3) is 10.9 Å². The van der Waals surface area contributed by atoms with Crippen LogP contribution < -0.4 is 11.1 Å². The van der Waals surface area contributed by atoms with Crippen molar-refractivity contribution in [1.82, 2.24) is 10.3 Å². The number of aryl methyl sites for hydroxylation is 1. The summed E-state index contributed by atoms with van der Waals surface area (Å²) in [6, 6.07) is 9.40. The van der Waals surface area contributed by atoms with Crippen LogP contribution in [0.15, 0.2) is 30.3 Å². The van der Waals surface area contributed by atoms with Crippen LogP contribution in [0, 0.1) is 6.92 Å². The third kappa shape index (κ3) is 4.07. The summed E-state index contributed by atoms with van der Waals surface area (Å²) < 4.78 is 0. The number of aromatic nitrogens is 1. The first-order valence-electron chi connectivity index (χ1n) is 5.99. The molecule has 0 fully saturated rings. The minimum atomic E-state index is -0.102. The van der Waals surface area contributed by atoms with Gasteiger partial charge in [0, 0.05) is 23.7 Å². The zero-order valence-electron chi connectivity index (χ0n) is 11.4. The number of carbonyl (C=O) groups excluding carboxylic acids is 1. The van der Waals surface area contributed by atoms with Gasteiger partial charge in [0.25, 0.3) is 5.91 Å². The zero-order valence-corrected chi connectivity index (χ0v) is 13.1. The second-order valence-corrected chi connectivity index (χ2v) is 4.44. The van der Waals surface area contributed by atoms with Gasteiger partial charge in [-0.3, -0.25) is 9.78 Å². The fourth-order valence-corrected chi connectivity index (χ4v) is 1.86. The first-order chi connectivity index (χ1) is 8.61. The molecule has 1 aromatic carbocycles. The number of hydrogen-bond donors (Lipinski definition) is 2. The summed E-state index contributed by atoms with van der Waals surface area (Å²) in [5.74, 6) is -0.102. The lowest BCUT2D eigenvalue weighted by molar-refractivity contribution is 0.0943. The predicted octanol–water partition coefficient (Wildman–Crippen LogP) is 2.46. The number of amides is 1. The number of para-hydroxylation sites is 1. The number of nitrogens with zero attached hydrogens (tertiary/aromatic N) is 1. The molecule has 0 unspecified atom stereocenters. The highest BCUT2D eigenvalue weighted by Crippen LogP contribution is 2.18. The number of rotatable bonds is 3. The molecule has 0 saturated heterocycles. The Bertz CT molecular complexity index is 590. The van der Waals surface area contributed by atoms with E-state index >= 15 is 0 Å². The SMILES string of the molecule is Cc1cc(C(=O)N[C@@H](C)CN)c2ccccc2n1.Cl.Cl. The van der Waals surface area contributed by atoms with Gasteiger partial charge in [-0.1, -0.05) is 18.2 Å². The maximum atomic E-state index is 12.2. The smallest absolute Gasteiger partial charge is 0.252 e. The van der Waals surface area contributed by atoms with Crippen molar-refractivity contribution in [2.75, 3.05) is 6.54 Å². The third-order valence-electron chi connectivity index (χ3n) is 2.82. The summed E-state index contributed by atoms with van der Waals surface area (Å²) in [4.78, 5) is 16.6. The molecule has 1 aromatic heterocycles. The molecule has 0 spiro atoms. The molecule has 0 aliphatic heterocycles. The maximum Gasteiger partial charge on any atom is 0.252 e. The zero-order chi connectivity index (χ0) is 13.1. The number of hydrogen-bond acceptors (Lipinski definition) is 3. The number of pyridine rings is 1. The van der Waals surface area contributed by atoms with Gasteiger partial charge in [-0.2, -0.15) is 0 Å². The summed E-state index contributed by atoms with van der Waals surface area (Å²) in [7, 11) is 0. The first-order valence-corrected chi connectivity index (χ1v) is 5.99. The number of halogens is 2. The van der Waals surface area contributed by atoms with E-state index in [-0.39, 0.29) is 36.8 Å². The van der Waals surface area contributed by atoms with E-state index in [0.29, 0.717) is 12.1 Å². The molecular formula is C14H19Cl2N3O. The molecule has 0 aliphatic carbocycles. The van der Waals surface area contributed by atoms with Gasteiger partial charge >= 0.3 is 0 Å². The molecule has 2 rings (SSSR count). The van der Waals surface area contributed by atoms with Crippen molar-refractivity contribution < 1.29 is 4.79 Å². The monoisotopic (exact) mass is 315 g/mol. The van der Waals surface area contributed by atoms with Crippen molar-refractivity contribution in [3.8, 4) is 0 Å². The van der Waals surface area contributed by atoms with Crippen LogP contribution in [0.5, 0.6) is 0 Å². The normalized spacial score (nSPS) is 11.2. The number of fused-ring (bicyclic) bond motifs is 1. The van der Waals surface area contributed by atoms with Crippen LogP contribution in [-0.4, -0.2) is 23.5 Å². The van der Waals surface area contributed by atoms with Crippen molar-refractivity contribution >= 4 is 41.6 Å². The van der Waals surface area contributed by atoms with Crippen LogP contribution in [0.1, 0.15) is 23.0 Å². The van der Waals surface area contributed by atoms with Crippen molar-refractivity contribution in [3.63, 3.8) is 0 Å². The van der Waals surface area contributed by atoms with Crippen molar-refractivity contribution in [2.45, 2.75) is 19.9 Å². The molecule has 1 atom stereocenters. The number of nitrogens with two attached hydrogens (primary N) is 1. The van der Waals surface area contributed by atoms with Gasteiger partial charge in [-0.15, -0.1) is 24.8 Å². The van der Waals surface area contributed by atoms with E-state index in [0.717, 1.165) is 16.6 Å². The first kappa shape index (κ1) is 18.6. The van der Waals surface area contributed by atoms with Crippen LogP contribution in [0.4, 0.5) is 0 Å². The van der Waals surface area contributed by atoms with Crippen LogP contribution in [0.2, 0.25) is 0 Å². The Kier molecular flexibility index (Phi) is 7.50. The van der Waals surface area contributed by atoms with Gasteiger partial charge in [0.2, 0.25) is 0 Å². The van der Waals surface area contributed by atoms with Crippen molar-refractivity contribution in [1.29, 1.82) is 0 Å². The number of benzene rings is 1. The minimum absolute atomic E-state index is 0. The second kappa shape index (κ2) is 8.04. The minimum Gasteiger partial charge on any atom is -0.348 e. The van der Waals surface area contributed by atoms with Gasteiger partial charge < -0.3 is 11.1 Å². The highest BCUT2D eigenvalue weighted by Gasteiger charge is 2.13. The summed E-state index contributed by atoms with van der Waals surface area (Å²) in [6.07, 6.45) is 0. The number of nitrogens with one attached hydrogen (secondary N) is 1. The maximum absolute atomic E-state index is 12.2. The Balaban J connectivity index is 0.00000180. The predicted molar refractivity (Wildman–Crippen MR) is 87.0 cm³/mol. The van der Waals surface area contributed by atoms with Gasteiger partial charge in [0.15, 0.2) is 0 Å². The summed E-state index contributed by atoms with van der Waals surface area (Å²) in [5, 5.41) is 3.74. The molecule has 4 nitrogen and oxygen atoms in total. The Morgan fingerprint density at radius 2 is 2.00 bits per heavy atom. The van der Waals surface area contributed by atoms with E-state index in [1.54, 1.807) is 6.07 Å². The quantitative estimate of drug-likeness (QED) is 0.914. The molecule has 1 amide bonds. The summed E-state index contributed by atoms with van der Waals surface area (Å²) in [6.45, 7) is 4.19. The third-order valence-corrected chi connectivity index (χ3v) is 2.82. The Hall–Kier alpha value is -1.36. The molecular weight excluding hydrogens is 297 g/mol. The Morgan fingerprint density at radius 1 is 1.35 bits per heavy atom. The molecule has 1 heterocycles. The van der Waals surface area contributed by atoms with Crippen LogP contribution in [0.3, 0.4) is 0 Å². The van der Waals surface area contributed by atoms with E-state index in [9.17, 15) is 4.79 Å². The van der Waals surface area contributed by atoms with Gasteiger partial charge in [0.05, 0.1) is 11.1 Å². The van der Waals surface area contributed by atoms with Crippen LogP contribution >= 0.6 is 24.8 Å². The van der Waals surface area contributed by atoms with E-state index in [4.69, 9.17) is 5.73 Å². The molecule has 6 heteroatoms. The van der Waals surface area contributed by atoms with Crippen molar-refractivity contribution in [3.05, 3.63) is 41.6 Å². The lowest BCUT2D eigenvalue weighted by Gasteiger charge is -2.13. The molecule has 0 aliphatic rings. The highest BCUT2D eigenvalue weighted by atomic mass is 35.5. The molecule has 2 aromatic rings. The molecule has 0 radical (unpaired) electrons.